The van der Waals surface area contributed by atoms with Crippen LogP contribution in [-0.4, -0.2) is 28.7 Å². The second-order valence-corrected chi connectivity index (χ2v) is 3.16. The molecule has 0 bridgehead atoms. The van der Waals surface area contributed by atoms with Crippen LogP contribution in [0.1, 0.15) is 16.8 Å². The van der Waals surface area contributed by atoms with Crippen LogP contribution in [0.25, 0.3) is 0 Å². The first kappa shape index (κ1) is 8.31. The third kappa shape index (κ3) is 1.58. The van der Waals surface area contributed by atoms with Gasteiger partial charge in [0.15, 0.2) is 0 Å². The highest BCUT2D eigenvalue weighted by Gasteiger charge is 2.20. The number of carbonyl (C=O) groups excluding carboxylic acids is 1. The molecule has 13 heavy (non-hydrogen) atoms. The van der Waals surface area contributed by atoms with E-state index in [2.05, 4.69) is 0 Å². The van der Waals surface area contributed by atoms with Crippen molar-refractivity contribution < 1.29 is 9.63 Å². The van der Waals surface area contributed by atoms with Crippen molar-refractivity contribution in [3.63, 3.8) is 0 Å². The van der Waals surface area contributed by atoms with Crippen LogP contribution >= 0.6 is 0 Å². The van der Waals surface area contributed by atoms with Gasteiger partial charge in [-0.2, -0.15) is 0 Å². The fraction of sp³-hybridized carbons (Fsp3) is 0.444. The van der Waals surface area contributed by atoms with Gasteiger partial charge in [0.2, 0.25) is 0 Å². The van der Waals surface area contributed by atoms with Crippen LogP contribution in [0.3, 0.4) is 0 Å². The summed E-state index contributed by atoms with van der Waals surface area (Å²) in [5, 5.41) is 1.43. The van der Waals surface area contributed by atoms with E-state index in [0.717, 1.165) is 6.42 Å². The quantitative estimate of drug-likeness (QED) is 0.640. The Bertz CT molecular complexity index is 313. The van der Waals surface area contributed by atoms with Gasteiger partial charge in [-0.05, 0) is 12.5 Å². The average molecular weight is 180 g/mol. The highest BCUT2D eigenvalue weighted by molar-refractivity contribution is 5.93. The van der Waals surface area contributed by atoms with Crippen LogP contribution in [0.2, 0.25) is 0 Å². The lowest BCUT2D eigenvalue weighted by Crippen LogP contribution is -2.26. The molecule has 70 valence electrons. The first-order valence-electron chi connectivity index (χ1n) is 4.34. The predicted octanol–water partition coefficient (Wildman–Crippen LogP) is 0.803. The standard InChI is InChI=1S/C9H12N2O2/c1-10-5-3-8(7-10)9(12)11-4-2-6-13-11/h3,5,7H,2,4,6H2,1H3. The maximum atomic E-state index is 11.6. The highest BCUT2D eigenvalue weighted by Crippen LogP contribution is 2.10. The fourth-order valence-electron chi connectivity index (χ4n) is 1.38. The van der Waals surface area contributed by atoms with E-state index in [1.165, 1.54) is 5.06 Å². The molecule has 2 heterocycles. The number of nitrogens with zero attached hydrogens (tertiary/aromatic N) is 2. The van der Waals surface area contributed by atoms with E-state index in [9.17, 15) is 4.79 Å². The van der Waals surface area contributed by atoms with Gasteiger partial charge < -0.3 is 4.57 Å². The van der Waals surface area contributed by atoms with Crippen molar-refractivity contribution in [1.29, 1.82) is 0 Å². The topological polar surface area (TPSA) is 34.5 Å². The molecule has 1 fully saturated rings. The Morgan fingerprint density at radius 1 is 1.62 bits per heavy atom. The molecule has 1 amide bonds. The van der Waals surface area contributed by atoms with Gasteiger partial charge in [-0.1, -0.05) is 0 Å². The molecule has 1 aliphatic heterocycles. The fourth-order valence-corrected chi connectivity index (χ4v) is 1.38. The Morgan fingerprint density at radius 2 is 2.46 bits per heavy atom. The van der Waals surface area contributed by atoms with E-state index in [-0.39, 0.29) is 5.91 Å². The van der Waals surface area contributed by atoms with Crippen molar-refractivity contribution in [3.8, 4) is 0 Å². The van der Waals surface area contributed by atoms with Crippen molar-refractivity contribution >= 4 is 5.91 Å². The smallest absolute Gasteiger partial charge is 0.278 e. The van der Waals surface area contributed by atoms with Crippen molar-refractivity contribution in [2.45, 2.75) is 6.42 Å². The molecule has 0 saturated carbocycles. The minimum Gasteiger partial charge on any atom is -0.356 e. The minimum atomic E-state index is -0.0434. The molecule has 4 nitrogen and oxygen atoms in total. The third-order valence-electron chi connectivity index (χ3n) is 2.06. The van der Waals surface area contributed by atoms with Crippen molar-refractivity contribution in [2.75, 3.05) is 13.2 Å². The maximum Gasteiger partial charge on any atom is 0.278 e. The van der Waals surface area contributed by atoms with Gasteiger partial charge in [-0.15, -0.1) is 0 Å². The zero-order valence-electron chi connectivity index (χ0n) is 7.56. The maximum absolute atomic E-state index is 11.6. The van der Waals surface area contributed by atoms with E-state index in [0.29, 0.717) is 18.7 Å². The Hall–Kier alpha value is -1.29. The number of aryl methyl sites for hydroxylation is 1. The predicted molar refractivity (Wildman–Crippen MR) is 47.0 cm³/mol. The van der Waals surface area contributed by atoms with Crippen molar-refractivity contribution in [1.82, 2.24) is 9.63 Å². The second-order valence-electron chi connectivity index (χ2n) is 3.16. The molecule has 4 heteroatoms. The van der Waals surface area contributed by atoms with Crippen LogP contribution in [-0.2, 0) is 11.9 Å². The summed E-state index contributed by atoms with van der Waals surface area (Å²) in [7, 11) is 1.89. The zero-order chi connectivity index (χ0) is 9.26. The van der Waals surface area contributed by atoms with Gasteiger partial charge >= 0.3 is 0 Å². The Labute approximate surface area is 76.7 Å². The van der Waals surface area contributed by atoms with Crippen LogP contribution in [0.5, 0.6) is 0 Å². The molecule has 0 unspecified atom stereocenters. The molecule has 0 atom stereocenters. The summed E-state index contributed by atoms with van der Waals surface area (Å²) >= 11 is 0. The Kier molecular flexibility index (Phi) is 2.06. The molecule has 0 N–H and O–H groups in total. The lowest BCUT2D eigenvalue weighted by Gasteiger charge is -2.11. The molecule has 0 aliphatic carbocycles. The number of rotatable bonds is 1. The SMILES string of the molecule is Cn1ccc(C(=O)N2CCCO2)c1. The third-order valence-corrected chi connectivity index (χ3v) is 2.06. The zero-order valence-corrected chi connectivity index (χ0v) is 7.56. The summed E-state index contributed by atoms with van der Waals surface area (Å²) in [4.78, 5) is 16.8. The summed E-state index contributed by atoms with van der Waals surface area (Å²) in [5.41, 5.74) is 0.685. The average Bonchev–Trinajstić information content (AvgIpc) is 2.72. The van der Waals surface area contributed by atoms with E-state index in [1.807, 2.05) is 17.8 Å². The number of hydrogen-bond acceptors (Lipinski definition) is 2. The molecule has 2 rings (SSSR count). The normalized spacial score (nSPS) is 16.5. The Morgan fingerprint density at radius 3 is 3.00 bits per heavy atom. The van der Waals surface area contributed by atoms with Crippen LogP contribution in [0.4, 0.5) is 0 Å². The monoisotopic (exact) mass is 180 g/mol. The van der Waals surface area contributed by atoms with Crippen LogP contribution < -0.4 is 0 Å². The van der Waals surface area contributed by atoms with Crippen molar-refractivity contribution in [2.24, 2.45) is 7.05 Å². The number of carbonyl (C=O) groups is 1. The minimum absolute atomic E-state index is 0.0434. The number of aromatic nitrogens is 1. The number of hydrogen-bond donors (Lipinski definition) is 0. The van der Waals surface area contributed by atoms with Crippen LogP contribution in [0.15, 0.2) is 18.5 Å². The summed E-state index contributed by atoms with van der Waals surface area (Å²) < 4.78 is 1.85. The largest absolute Gasteiger partial charge is 0.356 e. The van der Waals surface area contributed by atoms with Gasteiger partial charge in [0.05, 0.1) is 18.7 Å². The molecular formula is C9H12N2O2. The van der Waals surface area contributed by atoms with Gasteiger partial charge in [0.25, 0.3) is 5.91 Å². The molecular weight excluding hydrogens is 168 g/mol. The number of amides is 1. The first-order chi connectivity index (χ1) is 6.27. The van der Waals surface area contributed by atoms with E-state index in [1.54, 1.807) is 12.3 Å². The highest BCUT2D eigenvalue weighted by atomic mass is 16.7. The molecule has 0 aromatic carbocycles. The lowest BCUT2D eigenvalue weighted by atomic mass is 10.3. The summed E-state index contributed by atoms with van der Waals surface area (Å²) in [6.07, 6.45) is 4.58. The van der Waals surface area contributed by atoms with Crippen LogP contribution in [0, 0.1) is 0 Å². The number of hydroxylamine groups is 2. The summed E-state index contributed by atoms with van der Waals surface area (Å²) in [6.45, 7) is 1.35. The second kappa shape index (κ2) is 3.22. The first-order valence-corrected chi connectivity index (χ1v) is 4.34. The lowest BCUT2D eigenvalue weighted by molar-refractivity contribution is -0.0768. The molecule has 0 spiro atoms. The summed E-state index contributed by atoms with van der Waals surface area (Å²) in [6, 6.07) is 1.80. The molecule has 1 aromatic heterocycles. The van der Waals surface area contributed by atoms with Gasteiger partial charge in [-0.3, -0.25) is 9.63 Å². The van der Waals surface area contributed by atoms with E-state index >= 15 is 0 Å². The molecule has 1 aliphatic rings. The van der Waals surface area contributed by atoms with Gasteiger partial charge in [0, 0.05) is 19.4 Å². The van der Waals surface area contributed by atoms with Gasteiger partial charge in [-0.25, -0.2) is 5.06 Å². The van der Waals surface area contributed by atoms with E-state index in [4.69, 9.17) is 4.84 Å². The molecule has 1 aromatic rings. The Balaban J connectivity index is 2.12. The van der Waals surface area contributed by atoms with Gasteiger partial charge in [0.1, 0.15) is 0 Å². The molecule has 1 saturated heterocycles. The van der Waals surface area contributed by atoms with E-state index < -0.39 is 0 Å². The molecule has 0 radical (unpaired) electrons. The van der Waals surface area contributed by atoms with Crippen molar-refractivity contribution in [3.05, 3.63) is 24.0 Å². The summed E-state index contributed by atoms with van der Waals surface area (Å²) in [5.74, 6) is -0.0434.